The lowest BCUT2D eigenvalue weighted by Crippen LogP contribution is -2.21. The zero-order chi connectivity index (χ0) is 18.2. The van der Waals surface area contributed by atoms with E-state index in [0.717, 1.165) is 10.0 Å². The van der Waals surface area contributed by atoms with Gasteiger partial charge in [0.15, 0.2) is 0 Å². The summed E-state index contributed by atoms with van der Waals surface area (Å²) < 4.78 is 11.5. The average molecular weight is 405 g/mol. The van der Waals surface area contributed by atoms with Crippen LogP contribution in [0.25, 0.3) is 0 Å². The fourth-order valence-electron chi connectivity index (χ4n) is 1.84. The Kier molecular flexibility index (Phi) is 6.53. The van der Waals surface area contributed by atoms with E-state index in [1.54, 1.807) is 49.4 Å². The van der Waals surface area contributed by atoms with E-state index in [9.17, 15) is 4.79 Å². The summed E-state index contributed by atoms with van der Waals surface area (Å²) in [5.41, 5.74) is 11.7. The summed E-state index contributed by atoms with van der Waals surface area (Å²) in [4.78, 5) is 11.6. The Morgan fingerprint density at radius 3 is 2.44 bits per heavy atom. The first-order valence-corrected chi connectivity index (χ1v) is 8.15. The number of carbonyl (C=O) groups excluding carboxylic acids is 1. The van der Waals surface area contributed by atoms with Crippen molar-refractivity contribution in [2.24, 2.45) is 21.7 Å². The molecule has 0 bridgehead atoms. The van der Waals surface area contributed by atoms with Crippen LogP contribution in [-0.4, -0.2) is 24.8 Å². The molecule has 2 rings (SSSR count). The second-order valence-corrected chi connectivity index (χ2v) is 5.65. The first-order valence-electron chi connectivity index (χ1n) is 7.36. The third-order valence-electron chi connectivity index (χ3n) is 2.94. The summed E-state index contributed by atoms with van der Waals surface area (Å²) in [5, 5.41) is 7.29. The van der Waals surface area contributed by atoms with Gasteiger partial charge in [0.2, 0.25) is 5.96 Å². The third-order valence-corrected chi connectivity index (χ3v) is 3.63. The molecule has 0 amide bonds. The Morgan fingerprint density at radius 2 is 1.84 bits per heavy atom. The Morgan fingerprint density at radius 1 is 1.16 bits per heavy atom. The van der Waals surface area contributed by atoms with Crippen molar-refractivity contribution in [2.75, 3.05) is 6.61 Å². The molecule has 0 aromatic heterocycles. The molecule has 0 saturated carbocycles. The highest BCUT2D eigenvalue weighted by Gasteiger charge is 2.07. The molecule has 0 aliphatic carbocycles. The Labute approximate surface area is 153 Å². The SMILES string of the molecule is CCOC(=O)c1ccc(Oc2ccc(C=NN=C(N)N)c(Br)c2)cc1. The first kappa shape index (κ1) is 18.5. The molecule has 0 spiro atoms. The number of benzene rings is 2. The summed E-state index contributed by atoms with van der Waals surface area (Å²) >= 11 is 3.43. The van der Waals surface area contributed by atoms with Gasteiger partial charge >= 0.3 is 5.97 Å². The molecule has 0 aliphatic heterocycles. The highest BCUT2D eigenvalue weighted by molar-refractivity contribution is 9.10. The molecule has 0 atom stereocenters. The Hall–Kier alpha value is -2.87. The summed E-state index contributed by atoms with van der Waals surface area (Å²) in [6.07, 6.45) is 1.52. The van der Waals surface area contributed by atoms with Crippen LogP contribution in [0.15, 0.2) is 57.1 Å². The van der Waals surface area contributed by atoms with E-state index in [4.69, 9.17) is 20.9 Å². The van der Waals surface area contributed by atoms with Crippen LogP contribution in [0.3, 0.4) is 0 Å². The quantitative estimate of drug-likeness (QED) is 0.332. The van der Waals surface area contributed by atoms with E-state index in [2.05, 4.69) is 26.1 Å². The fraction of sp³-hybridized carbons (Fsp3) is 0.118. The lowest BCUT2D eigenvalue weighted by atomic mass is 10.2. The van der Waals surface area contributed by atoms with E-state index in [1.807, 2.05) is 0 Å². The van der Waals surface area contributed by atoms with Crippen molar-refractivity contribution in [1.29, 1.82) is 0 Å². The van der Waals surface area contributed by atoms with Gasteiger partial charge < -0.3 is 20.9 Å². The summed E-state index contributed by atoms with van der Waals surface area (Å²) in [7, 11) is 0. The molecular formula is C17H17BrN4O3. The lowest BCUT2D eigenvalue weighted by Gasteiger charge is -2.08. The average Bonchev–Trinajstić information content (AvgIpc) is 2.57. The largest absolute Gasteiger partial charge is 0.462 e. The number of rotatable bonds is 6. The van der Waals surface area contributed by atoms with Gasteiger partial charge in [-0.05, 0) is 65.3 Å². The maximum Gasteiger partial charge on any atom is 0.338 e. The number of hydrogen-bond acceptors (Lipinski definition) is 5. The molecule has 130 valence electrons. The number of nitrogens with zero attached hydrogens (tertiary/aromatic N) is 2. The normalized spacial score (nSPS) is 10.5. The van der Waals surface area contributed by atoms with E-state index in [1.165, 1.54) is 6.21 Å². The van der Waals surface area contributed by atoms with Crippen LogP contribution in [0.4, 0.5) is 0 Å². The number of carbonyl (C=O) groups is 1. The van der Waals surface area contributed by atoms with Crippen LogP contribution in [0, 0.1) is 0 Å². The van der Waals surface area contributed by atoms with Crippen molar-refractivity contribution in [1.82, 2.24) is 0 Å². The van der Waals surface area contributed by atoms with Crippen molar-refractivity contribution in [3.63, 3.8) is 0 Å². The molecule has 0 unspecified atom stereocenters. The van der Waals surface area contributed by atoms with Crippen LogP contribution in [-0.2, 0) is 4.74 Å². The number of ether oxygens (including phenoxy) is 2. The minimum atomic E-state index is -0.360. The second-order valence-electron chi connectivity index (χ2n) is 4.80. The van der Waals surface area contributed by atoms with Crippen molar-refractivity contribution in [2.45, 2.75) is 6.92 Å². The summed E-state index contributed by atoms with van der Waals surface area (Å²) in [6.45, 7) is 2.10. The predicted molar refractivity (Wildman–Crippen MR) is 100 cm³/mol. The number of guanidine groups is 1. The maximum atomic E-state index is 11.6. The minimum Gasteiger partial charge on any atom is -0.462 e. The van der Waals surface area contributed by atoms with E-state index in [0.29, 0.717) is 23.7 Å². The molecule has 0 saturated heterocycles. The second kappa shape index (κ2) is 8.84. The van der Waals surface area contributed by atoms with Crippen LogP contribution >= 0.6 is 15.9 Å². The van der Waals surface area contributed by atoms with Crippen molar-refractivity contribution in [3.8, 4) is 11.5 Å². The fourth-order valence-corrected chi connectivity index (χ4v) is 2.30. The molecule has 2 aromatic rings. The Balaban J connectivity index is 2.08. The molecule has 4 N–H and O–H groups in total. The summed E-state index contributed by atoms with van der Waals surface area (Å²) in [6, 6.07) is 12.1. The number of esters is 1. The Bertz CT molecular complexity index is 800. The topological polar surface area (TPSA) is 112 Å². The molecule has 0 heterocycles. The molecule has 2 aromatic carbocycles. The number of hydrogen-bond donors (Lipinski definition) is 2. The zero-order valence-electron chi connectivity index (χ0n) is 13.5. The van der Waals surface area contributed by atoms with Crippen LogP contribution in [0.1, 0.15) is 22.8 Å². The van der Waals surface area contributed by atoms with Crippen molar-refractivity contribution in [3.05, 3.63) is 58.1 Å². The van der Waals surface area contributed by atoms with E-state index in [-0.39, 0.29) is 11.9 Å². The highest BCUT2D eigenvalue weighted by Crippen LogP contribution is 2.26. The number of nitrogens with two attached hydrogens (primary N) is 2. The smallest absolute Gasteiger partial charge is 0.338 e. The van der Waals surface area contributed by atoms with Gasteiger partial charge in [-0.3, -0.25) is 0 Å². The molecule has 0 radical (unpaired) electrons. The van der Waals surface area contributed by atoms with Crippen LogP contribution < -0.4 is 16.2 Å². The van der Waals surface area contributed by atoms with Crippen molar-refractivity contribution >= 4 is 34.1 Å². The molecular weight excluding hydrogens is 388 g/mol. The number of halogens is 1. The lowest BCUT2D eigenvalue weighted by molar-refractivity contribution is 0.0526. The van der Waals surface area contributed by atoms with Gasteiger partial charge in [0.25, 0.3) is 0 Å². The van der Waals surface area contributed by atoms with Gasteiger partial charge in [-0.1, -0.05) is 0 Å². The van der Waals surface area contributed by atoms with Gasteiger partial charge in [-0.25, -0.2) is 4.79 Å². The molecule has 0 fully saturated rings. The van der Waals surface area contributed by atoms with E-state index >= 15 is 0 Å². The standard InChI is InChI=1S/C17H17BrN4O3/c1-2-24-16(23)11-3-6-13(7-4-11)25-14-8-5-12(15(18)9-14)10-21-22-17(19)20/h3-10H,2H2,1H3,(H4,19,20,22). The van der Waals surface area contributed by atoms with Crippen molar-refractivity contribution < 1.29 is 14.3 Å². The molecule has 8 heteroatoms. The van der Waals surface area contributed by atoms with Gasteiger partial charge in [-0.2, -0.15) is 5.10 Å². The molecule has 7 nitrogen and oxygen atoms in total. The highest BCUT2D eigenvalue weighted by atomic mass is 79.9. The van der Waals surface area contributed by atoms with Crippen LogP contribution in [0.2, 0.25) is 0 Å². The molecule has 25 heavy (non-hydrogen) atoms. The summed E-state index contributed by atoms with van der Waals surface area (Å²) in [5.74, 6) is 0.747. The maximum absolute atomic E-state index is 11.6. The predicted octanol–water partition coefficient (Wildman–Crippen LogP) is 3.03. The zero-order valence-corrected chi connectivity index (χ0v) is 15.1. The monoisotopic (exact) mass is 404 g/mol. The van der Waals surface area contributed by atoms with Gasteiger partial charge in [0.1, 0.15) is 11.5 Å². The van der Waals surface area contributed by atoms with Gasteiger partial charge in [0.05, 0.1) is 18.4 Å². The molecule has 0 aliphatic rings. The van der Waals surface area contributed by atoms with Gasteiger partial charge in [-0.15, -0.1) is 5.10 Å². The van der Waals surface area contributed by atoms with E-state index < -0.39 is 0 Å². The first-order chi connectivity index (χ1) is 12.0. The minimum absolute atomic E-state index is 0.112. The van der Waals surface area contributed by atoms with Crippen LogP contribution in [0.5, 0.6) is 11.5 Å². The van der Waals surface area contributed by atoms with Gasteiger partial charge in [0, 0.05) is 10.0 Å². The third kappa shape index (κ3) is 5.61.